The van der Waals surface area contributed by atoms with Crippen molar-refractivity contribution in [2.45, 2.75) is 33.4 Å². The van der Waals surface area contributed by atoms with Crippen LogP contribution in [0.3, 0.4) is 0 Å². The van der Waals surface area contributed by atoms with Gasteiger partial charge in [-0.3, -0.25) is 0 Å². The average molecular weight is 462 g/mol. The monoisotopic (exact) mass is 462 g/mol. The van der Waals surface area contributed by atoms with Gasteiger partial charge >= 0.3 is 0 Å². The van der Waals surface area contributed by atoms with E-state index >= 15 is 0 Å². The number of hydrogen-bond acceptors (Lipinski definition) is 5. The van der Waals surface area contributed by atoms with Gasteiger partial charge in [0.15, 0.2) is 11.8 Å². The minimum absolute atomic E-state index is 0. The second-order valence-corrected chi connectivity index (χ2v) is 5.62. The molecule has 0 aliphatic heterocycles. The van der Waals surface area contributed by atoms with E-state index in [0.29, 0.717) is 25.7 Å². The van der Waals surface area contributed by atoms with Gasteiger partial charge in [-0.1, -0.05) is 0 Å². The quantitative estimate of drug-likeness (QED) is 0.284. The van der Waals surface area contributed by atoms with Gasteiger partial charge in [-0.25, -0.2) is 4.99 Å². The van der Waals surface area contributed by atoms with Crippen LogP contribution >= 0.6 is 24.0 Å². The molecule has 0 amide bonds. The van der Waals surface area contributed by atoms with Crippen molar-refractivity contribution in [2.75, 3.05) is 20.3 Å². The molecule has 25 heavy (non-hydrogen) atoms. The van der Waals surface area contributed by atoms with Gasteiger partial charge in [0.2, 0.25) is 0 Å². The van der Waals surface area contributed by atoms with Crippen molar-refractivity contribution in [1.29, 1.82) is 0 Å². The van der Waals surface area contributed by atoms with Gasteiger partial charge in [0.25, 0.3) is 0 Å². The summed E-state index contributed by atoms with van der Waals surface area (Å²) in [5.41, 5.74) is 0. The maximum atomic E-state index is 5.66. The normalized spacial score (nSPS) is 12.6. The second kappa shape index (κ2) is 10.4. The van der Waals surface area contributed by atoms with E-state index in [1.54, 1.807) is 7.11 Å². The molecule has 0 aliphatic rings. The van der Waals surface area contributed by atoms with Gasteiger partial charge in [-0.05, 0) is 32.9 Å². The van der Waals surface area contributed by atoms with E-state index in [1.165, 1.54) is 0 Å². The molecule has 1 unspecified atom stereocenters. The summed E-state index contributed by atoms with van der Waals surface area (Å²) in [5.74, 6) is 4.10. The molecule has 0 spiro atoms. The first-order valence-electron chi connectivity index (χ1n) is 7.96. The summed E-state index contributed by atoms with van der Waals surface area (Å²) < 4.78 is 12.7. The number of guanidine groups is 1. The molecule has 2 rings (SSSR count). The number of ether oxygens (including phenoxy) is 1. The Kier molecular flexibility index (Phi) is 8.90. The lowest BCUT2D eigenvalue weighted by atomic mass is 10.2. The lowest BCUT2D eigenvalue weighted by Crippen LogP contribution is -2.40. The first kappa shape index (κ1) is 21.4. The van der Waals surface area contributed by atoms with Crippen LogP contribution in [0.25, 0.3) is 0 Å². The molecule has 1 atom stereocenters. The molecule has 9 heteroatoms. The van der Waals surface area contributed by atoms with Crippen LogP contribution in [0.5, 0.6) is 0 Å². The number of aromatic nitrogens is 3. The molecule has 0 fully saturated rings. The van der Waals surface area contributed by atoms with E-state index in [2.05, 4.69) is 25.8 Å². The SMILES string of the molecule is COCCNC(=NCc1nnc(C)n1C)NC(C)c1ccc(C)o1.I. The van der Waals surface area contributed by atoms with E-state index in [9.17, 15) is 0 Å². The van der Waals surface area contributed by atoms with Crippen molar-refractivity contribution in [3.05, 3.63) is 35.3 Å². The van der Waals surface area contributed by atoms with Crippen molar-refractivity contribution >= 4 is 29.9 Å². The highest BCUT2D eigenvalue weighted by atomic mass is 127. The number of nitrogens with zero attached hydrogens (tertiary/aromatic N) is 4. The molecular weight excluding hydrogens is 435 g/mol. The molecule has 2 aromatic heterocycles. The lowest BCUT2D eigenvalue weighted by molar-refractivity contribution is 0.203. The zero-order valence-corrected chi connectivity index (χ0v) is 17.7. The van der Waals surface area contributed by atoms with Crippen LogP contribution in [0.2, 0.25) is 0 Å². The third-order valence-corrected chi connectivity index (χ3v) is 3.70. The predicted molar refractivity (Wildman–Crippen MR) is 107 cm³/mol. The van der Waals surface area contributed by atoms with E-state index in [1.807, 2.05) is 44.5 Å². The number of rotatable bonds is 7. The van der Waals surface area contributed by atoms with Crippen LogP contribution in [-0.4, -0.2) is 41.0 Å². The topological polar surface area (TPSA) is 89.5 Å². The molecule has 2 N–H and O–H groups in total. The number of aliphatic imine (C=N–C) groups is 1. The Labute approximate surface area is 165 Å². The number of hydrogen-bond donors (Lipinski definition) is 2. The summed E-state index contributed by atoms with van der Waals surface area (Å²) in [6.45, 7) is 7.56. The van der Waals surface area contributed by atoms with E-state index in [4.69, 9.17) is 9.15 Å². The van der Waals surface area contributed by atoms with Crippen LogP contribution in [-0.2, 0) is 18.3 Å². The number of halogens is 1. The standard InChI is InChI=1S/C16H26N6O2.HI/c1-11-6-7-14(24-11)12(2)19-16(17-8-9-23-5)18-10-15-21-20-13(3)22(15)4;/h6-7,12H,8-10H2,1-5H3,(H2,17,18,19);1H. The summed E-state index contributed by atoms with van der Waals surface area (Å²) in [4.78, 5) is 4.59. The molecule has 8 nitrogen and oxygen atoms in total. The highest BCUT2D eigenvalue weighted by molar-refractivity contribution is 14.0. The van der Waals surface area contributed by atoms with Crippen LogP contribution in [0, 0.1) is 13.8 Å². The molecule has 0 saturated heterocycles. The van der Waals surface area contributed by atoms with Crippen LogP contribution < -0.4 is 10.6 Å². The van der Waals surface area contributed by atoms with Crippen LogP contribution in [0.4, 0.5) is 0 Å². The van der Waals surface area contributed by atoms with Gasteiger partial charge in [0, 0.05) is 20.7 Å². The maximum Gasteiger partial charge on any atom is 0.192 e. The molecule has 0 aromatic carbocycles. The Morgan fingerprint density at radius 2 is 2.12 bits per heavy atom. The predicted octanol–water partition coefficient (Wildman–Crippen LogP) is 2.09. The molecule has 0 saturated carbocycles. The first-order valence-corrected chi connectivity index (χ1v) is 7.96. The zero-order chi connectivity index (χ0) is 17.5. The average Bonchev–Trinajstić information content (AvgIpc) is 3.12. The Bertz CT molecular complexity index is 682. The fourth-order valence-electron chi connectivity index (χ4n) is 2.12. The minimum Gasteiger partial charge on any atom is -0.464 e. The zero-order valence-electron chi connectivity index (χ0n) is 15.4. The second-order valence-electron chi connectivity index (χ2n) is 5.62. The van der Waals surface area contributed by atoms with E-state index < -0.39 is 0 Å². The summed E-state index contributed by atoms with van der Waals surface area (Å²) in [6, 6.07) is 3.91. The third kappa shape index (κ3) is 6.31. The summed E-state index contributed by atoms with van der Waals surface area (Å²) in [5, 5.41) is 14.8. The number of nitrogens with one attached hydrogen (secondary N) is 2. The number of aryl methyl sites for hydroxylation is 2. The van der Waals surface area contributed by atoms with Gasteiger partial charge in [0.1, 0.15) is 23.9 Å². The minimum atomic E-state index is -0.00581. The van der Waals surface area contributed by atoms with E-state index in [-0.39, 0.29) is 30.0 Å². The fourth-order valence-corrected chi connectivity index (χ4v) is 2.12. The number of methoxy groups -OCH3 is 1. The highest BCUT2D eigenvalue weighted by Gasteiger charge is 2.12. The Balaban J connectivity index is 0.00000312. The van der Waals surface area contributed by atoms with Crippen molar-refractivity contribution < 1.29 is 9.15 Å². The molecule has 2 heterocycles. The van der Waals surface area contributed by atoms with Crippen LogP contribution in [0.15, 0.2) is 21.5 Å². The molecule has 0 aliphatic carbocycles. The van der Waals surface area contributed by atoms with Crippen molar-refractivity contribution in [3.8, 4) is 0 Å². The fraction of sp³-hybridized carbons (Fsp3) is 0.562. The highest BCUT2D eigenvalue weighted by Crippen LogP contribution is 2.15. The molecule has 140 valence electrons. The van der Waals surface area contributed by atoms with Crippen molar-refractivity contribution in [2.24, 2.45) is 12.0 Å². The molecule has 2 aromatic rings. The maximum absolute atomic E-state index is 5.66. The Morgan fingerprint density at radius 1 is 1.36 bits per heavy atom. The molecule has 0 radical (unpaired) electrons. The largest absolute Gasteiger partial charge is 0.464 e. The Morgan fingerprint density at radius 3 is 2.68 bits per heavy atom. The summed E-state index contributed by atoms with van der Waals surface area (Å²) in [7, 11) is 3.60. The van der Waals surface area contributed by atoms with Gasteiger partial charge in [-0.15, -0.1) is 34.2 Å². The van der Waals surface area contributed by atoms with E-state index in [0.717, 1.165) is 23.2 Å². The first-order chi connectivity index (χ1) is 11.5. The van der Waals surface area contributed by atoms with Gasteiger partial charge in [0.05, 0.1) is 12.6 Å². The Hall–Kier alpha value is -1.62. The molecular formula is C16H27IN6O2. The van der Waals surface area contributed by atoms with Crippen molar-refractivity contribution in [1.82, 2.24) is 25.4 Å². The van der Waals surface area contributed by atoms with Crippen molar-refractivity contribution in [3.63, 3.8) is 0 Å². The smallest absolute Gasteiger partial charge is 0.192 e. The van der Waals surface area contributed by atoms with Gasteiger partial charge in [-0.2, -0.15) is 0 Å². The number of furan rings is 1. The third-order valence-electron chi connectivity index (χ3n) is 3.70. The summed E-state index contributed by atoms with van der Waals surface area (Å²) >= 11 is 0. The van der Waals surface area contributed by atoms with Crippen LogP contribution in [0.1, 0.15) is 36.1 Å². The molecule has 0 bridgehead atoms. The lowest BCUT2D eigenvalue weighted by Gasteiger charge is -2.16. The van der Waals surface area contributed by atoms with Gasteiger partial charge < -0.3 is 24.4 Å². The summed E-state index contributed by atoms with van der Waals surface area (Å²) in [6.07, 6.45) is 0.